The van der Waals surface area contributed by atoms with Gasteiger partial charge in [0.05, 0.1) is 6.04 Å². The Balaban J connectivity index is 1.87. The Kier molecular flexibility index (Phi) is 3.05. The fourth-order valence-corrected chi connectivity index (χ4v) is 3.02. The van der Waals surface area contributed by atoms with Crippen molar-refractivity contribution in [1.29, 1.82) is 0 Å². The van der Waals surface area contributed by atoms with Crippen LogP contribution in [0.25, 0.3) is 0 Å². The van der Waals surface area contributed by atoms with Gasteiger partial charge in [-0.25, -0.2) is 0 Å². The summed E-state index contributed by atoms with van der Waals surface area (Å²) in [6.45, 7) is 0. The molecule has 1 unspecified atom stereocenters. The van der Waals surface area contributed by atoms with E-state index in [0.717, 1.165) is 0 Å². The zero-order chi connectivity index (χ0) is 11.7. The number of hydrogen-bond donors (Lipinski definition) is 1. The normalized spacial score (nSPS) is 17.8. The smallest absolute Gasteiger partial charge is 0.0520 e. The van der Waals surface area contributed by atoms with Crippen LogP contribution in [0.15, 0.2) is 48.5 Å². The summed E-state index contributed by atoms with van der Waals surface area (Å²) in [5, 5.41) is 3.66. The Morgan fingerprint density at radius 2 is 1.76 bits per heavy atom. The summed E-state index contributed by atoms with van der Waals surface area (Å²) in [6.07, 6.45) is 2.39. The molecule has 1 N–H and O–H groups in total. The molecule has 0 aromatic heterocycles. The Hall–Kier alpha value is -1.03. The summed E-state index contributed by atoms with van der Waals surface area (Å²) in [5.41, 5.74) is 4.21. The predicted molar refractivity (Wildman–Crippen MR) is 80.3 cm³/mol. The Morgan fingerprint density at radius 1 is 1.00 bits per heavy atom. The zero-order valence-electron chi connectivity index (χ0n) is 9.49. The lowest BCUT2D eigenvalue weighted by Gasteiger charge is -2.16. The molecule has 1 atom stereocenters. The second-order valence-corrected chi connectivity index (χ2v) is 5.58. The highest BCUT2D eigenvalue weighted by atomic mass is 127. The fraction of sp³-hybridized carbons (Fsp3) is 0.200. The first kappa shape index (κ1) is 11.1. The predicted octanol–water partition coefficient (Wildman–Crippen LogP) is 4.39. The lowest BCUT2D eigenvalue weighted by atomic mass is 10.1. The minimum atomic E-state index is 0.474. The molecule has 0 bridgehead atoms. The SMILES string of the molecule is Ic1ccccc1NC1CCc2ccccc21. The van der Waals surface area contributed by atoms with Crippen LogP contribution in [0.4, 0.5) is 5.69 Å². The van der Waals surface area contributed by atoms with Crippen molar-refractivity contribution in [3.63, 3.8) is 0 Å². The molecule has 2 heteroatoms. The van der Waals surface area contributed by atoms with E-state index in [4.69, 9.17) is 0 Å². The first-order valence-corrected chi connectivity index (χ1v) is 7.01. The first-order chi connectivity index (χ1) is 8.34. The molecular weight excluding hydrogens is 321 g/mol. The van der Waals surface area contributed by atoms with Gasteiger partial charge in [0, 0.05) is 9.26 Å². The molecule has 86 valence electrons. The van der Waals surface area contributed by atoms with Crippen LogP contribution in [0.1, 0.15) is 23.6 Å². The molecule has 2 aromatic rings. The van der Waals surface area contributed by atoms with E-state index in [9.17, 15) is 0 Å². The molecule has 0 saturated carbocycles. The van der Waals surface area contributed by atoms with Crippen molar-refractivity contribution >= 4 is 28.3 Å². The van der Waals surface area contributed by atoms with Crippen molar-refractivity contribution in [3.8, 4) is 0 Å². The molecule has 17 heavy (non-hydrogen) atoms. The van der Waals surface area contributed by atoms with Crippen molar-refractivity contribution in [3.05, 3.63) is 63.2 Å². The standard InChI is InChI=1S/C15H14IN/c16-13-7-3-4-8-15(13)17-14-10-9-11-5-1-2-6-12(11)14/h1-8,14,17H,9-10H2. The zero-order valence-corrected chi connectivity index (χ0v) is 11.6. The van der Waals surface area contributed by atoms with Crippen molar-refractivity contribution in [1.82, 2.24) is 0 Å². The Bertz CT molecular complexity index is 536. The Labute approximate surface area is 115 Å². The maximum atomic E-state index is 3.66. The van der Waals surface area contributed by atoms with Gasteiger partial charge in [0.2, 0.25) is 0 Å². The second-order valence-electron chi connectivity index (χ2n) is 4.41. The first-order valence-electron chi connectivity index (χ1n) is 5.93. The monoisotopic (exact) mass is 335 g/mol. The number of benzene rings is 2. The van der Waals surface area contributed by atoms with Gasteiger partial charge in [0.1, 0.15) is 0 Å². The van der Waals surface area contributed by atoms with Crippen molar-refractivity contribution in [2.75, 3.05) is 5.32 Å². The van der Waals surface area contributed by atoms with Crippen molar-refractivity contribution in [2.24, 2.45) is 0 Å². The van der Waals surface area contributed by atoms with E-state index in [0.29, 0.717) is 6.04 Å². The van der Waals surface area contributed by atoms with Gasteiger partial charge in [0.15, 0.2) is 0 Å². The van der Waals surface area contributed by atoms with E-state index in [1.54, 1.807) is 0 Å². The fourth-order valence-electron chi connectivity index (χ4n) is 2.47. The molecule has 0 fully saturated rings. The van der Waals surface area contributed by atoms with Gasteiger partial charge in [0.25, 0.3) is 0 Å². The van der Waals surface area contributed by atoms with Gasteiger partial charge < -0.3 is 5.32 Å². The van der Waals surface area contributed by atoms with E-state index >= 15 is 0 Å². The molecule has 3 rings (SSSR count). The van der Waals surface area contributed by atoms with Gasteiger partial charge in [-0.05, 0) is 58.7 Å². The third-order valence-corrected chi connectivity index (χ3v) is 4.28. The average molecular weight is 335 g/mol. The number of para-hydroxylation sites is 1. The molecular formula is C15H14IN. The summed E-state index contributed by atoms with van der Waals surface area (Å²) < 4.78 is 1.29. The van der Waals surface area contributed by atoms with E-state index < -0.39 is 0 Å². The van der Waals surface area contributed by atoms with E-state index in [2.05, 4.69) is 76.4 Å². The third-order valence-electron chi connectivity index (χ3n) is 3.34. The number of anilines is 1. The highest BCUT2D eigenvalue weighted by Gasteiger charge is 2.21. The number of halogens is 1. The van der Waals surface area contributed by atoms with Crippen LogP contribution in [0, 0.1) is 3.57 Å². The molecule has 0 radical (unpaired) electrons. The van der Waals surface area contributed by atoms with Crippen LogP contribution in [0.5, 0.6) is 0 Å². The summed E-state index contributed by atoms with van der Waals surface area (Å²) in [6, 6.07) is 17.7. The summed E-state index contributed by atoms with van der Waals surface area (Å²) in [5.74, 6) is 0. The molecule has 2 aromatic carbocycles. The quantitative estimate of drug-likeness (QED) is 0.803. The lowest BCUT2D eigenvalue weighted by molar-refractivity contribution is 0.761. The molecule has 0 amide bonds. The van der Waals surface area contributed by atoms with Crippen LogP contribution >= 0.6 is 22.6 Å². The van der Waals surface area contributed by atoms with Crippen LogP contribution < -0.4 is 5.32 Å². The van der Waals surface area contributed by atoms with Gasteiger partial charge in [-0.2, -0.15) is 0 Å². The van der Waals surface area contributed by atoms with Crippen LogP contribution in [-0.2, 0) is 6.42 Å². The van der Waals surface area contributed by atoms with Crippen LogP contribution in [0.3, 0.4) is 0 Å². The second kappa shape index (κ2) is 4.69. The maximum absolute atomic E-state index is 3.66. The van der Waals surface area contributed by atoms with Crippen molar-refractivity contribution in [2.45, 2.75) is 18.9 Å². The largest absolute Gasteiger partial charge is 0.377 e. The highest BCUT2D eigenvalue weighted by Crippen LogP contribution is 2.34. The highest BCUT2D eigenvalue weighted by molar-refractivity contribution is 14.1. The number of aryl methyl sites for hydroxylation is 1. The molecule has 1 aliphatic carbocycles. The van der Waals surface area contributed by atoms with Gasteiger partial charge in [-0.15, -0.1) is 0 Å². The molecule has 0 spiro atoms. The minimum Gasteiger partial charge on any atom is -0.377 e. The van der Waals surface area contributed by atoms with E-state index in [1.165, 1.54) is 33.2 Å². The minimum absolute atomic E-state index is 0.474. The molecule has 0 saturated heterocycles. The third kappa shape index (κ3) is 2.18. The molecule has 1 nitrogen and oxygen atoms in total. The molecule has 0 aliphatic heterocycles. The summed E-state index contributed by atoms with van der Waals surface area (Å²) in [4.78, 5) is 0. The van der Waals surface area contributed by atoms with Gasteiger partial charge in [-0.3, -0.25) is 0 Å². The number of rotatable bonds is 2. The number of fused-ring (bicyclic) bond motifs is 1. The van der Waals surface area contributed by atoms with Crippen molar-refractivity contribution < 1.29 is 0 Å². The van der Waals surface area contributed by atoms with Gasteiger partial charge in [-0.1, -0.05) is 36.4 Å². The molecule has 0 heterocycles. The Morgan fingerprint density at radius 3 is 2.65 bits per heavy atom. The maximum Gasteiger partial charge on any atom is 0.0520 e. The number of nitrogens with one attached hydrogen (secondary N) is 1. The topological polar surface area (TPSA) is 12.0 Å². The van der Waals surface area contributed by atoms with E-state index in [1.807, 2.05) is 0 Å². The lowest BCUT2D eigenvalue weighted by Crippen LogP contribution is -2.07. The molecule has 1 aliphatic rings. The number of hydrogen-bond acceptors (Lipinski definition) is 1. The van der Waals surface area contributed by atoms with E-state index in [-0.39, 0.29) is 0 Å². The van der Waals surface area contributed by atoms with Gasteiger partial charge >= 0.3 is 0 Å². The summed E-state index contributed by atoms with van der Waals surface area (Å²) >= 11 is 2.38. The van der Waals surface area contributed by atoms with Crippen LogP contribution in [-0.4, -0.2) is 0 Å². The van der Waals surface area contributed by atoms with Crippen LogP contribution in [0.2, 0.25) is 0 Å². The summed E-state index contributed by atoms with van der Waals surface area (Å²) in [7, 11) is 0. The average Bonchev–Trinajstić information content (AvgIpc) is 2.76.